The smallest absolute Gasteiger partial charge is 0.265 e. The van der Waals surface area contributed by atoms with Gasteiger partial charge in [-0.3, -0.25) is 4.79 Å². The lowest BCUT2D eigenvalue weighted by atomic mass is 10.3. The first-order valence-corrected chi connectivity index (χ1v) is 8.42. The molecule has 1 aromatic heterocycles. The quantitative estimate of drug-likeness (QED) is 0.877. The number of anilines is 1. The Labute approximate surface area is 124 Å². The minimum atomic E-state index is -3.47. The fourth-order valence-corrected chi connectivity index (χ4v) is 3.04. The summed E-state index contributed by atoms with van der Waals surface area (Å²) in [6.07, 6.45) is 1.00. The first-order chi connectivity index (χ1) is 9.27. The molecule has 0 spiro atoms. The third kappa shape index (κ3) is 3.36. The minimum absolute atomic E-state index is 0.0709. The zero-order valence-electron chi connectivity index (χ0n) is 10.2. The van der Waals surface area contributed by atoms with E-state index in [2.05, 4.69) is 5.32 Å². The Kier molecular flexibility index (Phi) is 4.12. The number of amides is 1. The van der Waals surface area contributed by atoms with Crippen molar-refractivity contribution in [3.8, 4) is 0 Å². The lowest BCUT2D eigenvalue weighted by molar-refractivity contribution is 0.103. The van der Waals surface area contributed by atoms with Gasteiger partial charge in [0.15, 0.2) is 9.84 Å². The van der Waals surface area contributed by atoms with Gasteiger partial charge in [0.2, 0.25) is 0 Å². The predicted molar refractivity (Wildman–Crippen MR) is 76.8 cm³/mol. The van der Waals surface area contributed by atoms with Crippen molar-refractivity contribution in [1.82, 2.24) is 0 Å². The van der Waals surface area contributed by atoms with Crippen LogP contribution in [0.5, 0.6) is 0 Å². The Hall–Kier alpha value is -1.44. The van der Waals surface area contributed by atoms with E-state index in [0.717, 1.165) is 35.8 Å². The molecule has 1 amide bonds. The van der Waals surface area contributed by atoms with Crippen LogP contribution < -0.4 is 5.32 Å². The molecule has 1 aromatic carbocycles. The average Bonchev–Trinajstić information content (AvgIpc) is 2.77. The molecule has 0 atom stereocenters. The molecule has 106 valence electrons. The van der Waals surface area contributed by atoms with Crippen molar-refractivity contribution in [2.24, 2.45) is 0 Å². The van der Waals surface area contributed by atoms with Gasteiger partial charge in [-0.05, 0) is 30.3 Å². The molecule has 2 aromatic rings. The SMILES string of the molecule is CS(=O)(=O)c1ccc(F)c(NC(=O)c2ccc(Cl)s2)c1. The highest BCUT2D eigenvalue weighted by Crippen LogP contribution is 2.24. The molecule has 0 unspecified atom stereocenters. The van der Waals surface area contributed by atoms with Crippen molar-refractivity contribution in [1.29, 1.82) is 0 Å². The number of benzene rings is 1. The zero-order chi connectivity index (χ0) is 14.9. The van der Waals surface area contributed by atoms with E-state index in [4.69, 9.17) is 11.6 Å². The van der Waals surface area contributed by atoms with E-state index in [9.17, 15) is 17.6 Å². The standard InChI is InChI=1S/C12H9ClFNO3S2/c1-20(17,18)7-2-3-8(14)9(6-7)15-12(16)10-4-5-11(13)19-10/h2-6H,1H3,(H,15,16). The number of hydrogen-bond donors (Lipinski definition) is 1. The van der Waals surface area contributed by atoms with Gasteiger partial charge in [0, 0.05) is 6.26 Å². The molecular weight excluding hydrogens is 325 g/mol. The average molecular weight is 334 g/mol. The van der Waals surface area contributed by atoms with E-state index in [0.29, 0.717) is 9.21 Å². The first-order valence-electron chi connectivity index (χ1n) is 5.33. The monoisotopic (exact) mass is 333 g/mol. The van der Waals surface area contributed by atoms with Crippen molar-refractivity contribution in [2.45, 2.75) is 4.90 Å². The van der Waals surface area contributed by atoms with Crippen LogP contribution in [-0.4, -0.2) is 20.6 Å². The Morgan fingerprint density at radius 2 is 2.00 bits per heavy atom. The molecule has 0 saturated carbocycles. The van der Waals surface area contributed by atoms with E-state index in [1.165, 1.54) is 6.07 Å². The number of carbonyl (C=O) groups is 1. The van der Waals surface area contributed by atoms with E-state index >= 15 is 0 Å². The first kappa shape index (κ1) is 15.0. The van der Waals surface area contributed by atoms with Gasteiger partial charge in [-0.15, -0.1) is 11.3 Å². The molecule has 1 heterocycles. The molecule has 20 heavy (non-hydrogen) atoms. The van der Waals surface area contributed by atoms with E-state index in [1.54, 1.807) is 6.07 Å². The molecular formula is C12H9ClFNO3S2. The summed E-state index contributed by atoms with van der Waals surface area (Å²) in [7, 11) is -3.47. The van der Waals surface area contributed by atoms with Gasteiger partial charge >= 0.3 is 0 Å². The van der Waals surface area contributed by atoms with Gasteiger partial charge < -0.3 is 5.32 Å². The van der Waals surface area contributed by atoms with Crippen molar-refractivity contribution in [3.63, 3.8) is 0 Å². The second kappa shape index (κ2) is 5.51. The molecule has 0 radical (unpaired) electrons. The van der Waals surface area contributed by atoms with E-state index in [1.807, 2.05) is 0 Å². The number of hydrogen-bond acceptors (Lipinski definition) is 4. The Morgan fingerprint density at radius 1 is 1.30 bits per heavy atom. The summed E-state index contributed by atoms with van der Waals surface area (Å²) in [5.41, 5.74) is -0.192. The summed E-state index contributed by atoms with van der Waals surface area (Å²) >= 11 is 6.75. The van der Waals surface area contributed by atoms with Crippen LogP contribution in [-0.2, 0) is 9.84 Å². The minimum Gasteiger partial charge on any atom is -0.319 e. The normalized spacial score (nSPS) is 11.3. The zero-order valence-corrected chi connectivity index (χ0v) is 12.6. The molecule has 0 fully saturated rings. The van der Waals surface area contributed by atoms with Gasteiger partial charge in [0.25, 0.3) is 5.91 Å². The molecule has 2 rings (SSSR count). The lowest BCUT2D eigenvalue weighted by Crippen LogP contribution is -2.12. The van der Waals surface area contributed by atoms with Gasteiger partial charge in [-0.1, -0.05) is 11.6 Å². The summed E-state index contributed by atoms with van der Waals surface area (Å²) in [6, 6.07) is 6.26. The maximum Gasteiger partial charge on any atom is 0.265 e. The second-order valence-electron chi connectivity index (χ2n) is 3.97. The molecule has 8 heteroatoms. The van der Waals surface area contributed by atoms with Crippen LogP contribution in [0.2, 0.25) is 4.34 Å². The number of rotatable bonds is 3. The fraction of sp³-hybridized carbons (Fsp3) is 0.0833. The van der Waals surface area contributed by atoms with Crippen molar-refractivity contribution < 1.29 is 17.6 Å². The second-order valence-corrected chi connectivity index (χ2v) is 7.70. The summed E-state index contributed by atoms with van der Waals surface area (Å²) in [5, 5.41) is 2.33. The Balaban J connectivity index is 2.31. The number of sulfone groups is 1. The van der Waals surface area contributed by atoms with Crippen LogP contribution in [0.15, 0.2) is 35.2 Å². The fourth-order valence-electron chi connectivity index (χ4n) is 1.45. The largest absolute Gasteiger partial charge is 0.319 e. The number of nitrogens with one attached hydrogen (secondary N) is 1. The van der Waals surface area contributed by atoms with Crippen molar-refractivity contribution >= 4 is 44.4 Å². The topological polar surface area (TPSA) is 63.2 Å². The number of carbonyl (C=O) groups excluding carboxylic acids is 1. The van der Waals surface area contributed by atoms with Crippen molar-refractivity contribution in [3.05, 3.63) is 45.4 Å². The molecule has 0 saturated heterocycles. The lowest BCUT2D eigenvalue weighted by Gasteiger charge is -2.07. The van der Waals surface area contributed by atoms with Crippen molar-refractivity contribution in [2.75, 3.05) is 11.6 Å². The molecule has 0 aliphatic heterocycles. The van der Waals surface area contributed by atoms with Crippen LogP contribution in [0.1, 0.15) is 9.67 Å². The molecule has 1 N–H and O–H groups in total. The molecule has 0 aliphatic carbocycles. The van der Waals surface area contributed by atoms with Crippen LogP contribution in [0.4, 0.5) is 10.1 Å². The van der Waals surface area contributed by atoms with Gasteiger partial charge in [0.1, 0.15) is 5.82 Å². The molecule has 0 aliphatic rings. The molecule has 4 nitrogen and oxygen atoms in total. The number of thiophene rings is 1. The maximum atomic E-state index is 13.6. The highest BCUT2D eigenvalue weighted by molar-refractivity contribution is 7.90. The third-order valence-corrected chi connectivity index (χ3v) is 4.75. The van der Waals surface area contributed by atoms with Gasteiger partial charge in [0.05, 0.1) is 19.8 Å². The van der Waals surface area contributed by atoms with Crippen LogP contribution >= 0.6 is 22.9 Å². The van der Waals surface area contributed by atoms with Crippen LogP contribution in [0.3, 0.4) is 0 Å². The Bertz CT molecular complexity index is 771. The summed E-state index contributed by atoms with van der Waals surface area (Å²) in [6.45, 7) is 0. The number of halogens is 2. The summed E-state index contributed by atoms with van der Waals surface area (Å²) in [4.78, 5) is 12.1. The van der Waals surface area contributed by atoms with Crippen LogP contribution in [0.25, 0.3) is 0 Å². The third-order valence-electron chi connectivity index (χ3n) is 2.41. The van der Waals surface area contributed by atoms with E-state index in [-0.39, 0.29) is 10.6 Å². The predicted octanol–water partition coefficient (Wildman–Crippen LogP) is 3.20. The highest BCUT2D eigenvalue weighted by atomic mass is 35.5. The Morgan fingerprint density at radius 3 is 2.55 bits per heavy atom. The maximum absolute atomic E-state index is 13.6. The van der Waals surface area contributed by atoms with E-state index < -0.39 is 21.6 Å². The molecule has 0 bridgehead atoms. The van der Waals surface area contributed by atoms with Gasteiger partial charge in [-0.25, -0.2) is 12.8 Å². The van der Waals surface area contributed by atoms with Gasteiger partial charge in [-0.2, -0.15) is 0 Å². The summed E-state index contributed by atoms with van der Waals surface area (Å²) < 4.78 is 36.8. The highest BCUT2D eigenvalue weighted by Gasteiger charge is 2.15. The summed E-state index contributed by atoms with van der Waals surface area (Å²) in [5.74, 6) is -1.26. The van der Waals surface area contributed by atoms with Crippen LogP contribution in [0, 0.1) is 5.82 Å².